The van der Waals surface area contributed by atoms with Crippen LogP contribution < -0.4 is 4.90 Å². The van der Waals surface area contributed by atoms with Gasteiger partial charge in [-0.25, -0.2) is 0 Å². The minimum atomic E-state index is -0.0969. The second-order valence-corrected chi connectivity index (χ2v) is 14.2. The standard InChI is InChI=1S/C49H35NO/c1-49(2)45-16-7-5-14-41(45)42-26-25-40(31-46(42)49)50(39-13-9-12-35(29-39)36-19-18-32-10-3-4-11-34(32)28-36)38-23-20-33(21-24-38)37-22-27-48-44(30-37)43-15-6-8-17-47(43)51-48/h3-31H,1-2H3. The van der Waals surface area contributed by atoms with Gasteiger partial charge in [0.25, 0.3) is 0 Å². The zero-order valence-electron chi connectivity index (χ0n) is 28.6. The van der Waals surface area contributed by atoms with Crippen LogP contribution in [0.1, 0.15) is 25.0 Å². The van der Waals surface area contributed by atoms with Gasteiger partial charge < -0.3 is 9.32 Å². The molecule has 10 rings (SSSR count). The number of fused-ring (bicyclic) bond motifs is 7. The normalized spacial score (nSPS) is 13.1. The highest BCUT2D eigenvalue weighted by molar-refractivity contribution is 6.06. The monoisotopic (exact) mass is 653 g/mol. The SMILES string of the molecule is CC1(C)c2ccccc2-c2ccc(N(c3ccc(-c4ccc5oc6ccccc6c5c4)cc3)c3cccc(-c4ccc5ccccc5c4)c3)cc21. The number of hydrogen-bond acceptors (Lipinski definition) is 2. The Kier molecular flexibility index (Phi) is 6.56. The molecule has 0 atom stereocenters. The first-order valence-electron chi connectivity index (χ1n) is 17.7. The molecule has 242 valence electrons. The minimum Gasteiger partial charge on any atom is -0.456 e. The van der Waals surface area contributed by atoms with Crippen LogP contribution >= 0.6 is 0 Å². The lowest BCUT2D eigenvalue weighted by Crippen LogP contribution is -2.16. The molecule has 0 fully saturated rings. The van der Waals surface area contributed by atoms with Gasteiger partial charge in [0.1, 0.15) is 11.2 Å². The Morgan fingerprint density at radius 2 is 1.04 bits per heavy atom. The van der Waals surface area contributed by atoms with E-state index in [0.717, 1.165) is 39.0 Å². The molecule has 0 amide bonds. The maximum Gasteiger partial charge on any atom is 0.135 e. The third kappa shape index (κ3) is 4.79. The summed E-state index contributed by atoms with van der Waals surface area (Å²) in [6, 6.07) is 63.9. The maximum atomic E-state index is 6.11. The first-order valence-corrected chi connectivity index (χ1v) is 17.7. The third-order valence-electron chi connectivity index (χ3n) is 10.8. The van der Waals surface area contributed by atoms with Gasteiger partial charge in [-0.3, -0.25) is 0 Å². The summed E-state index contributed by atoms with van der Waals surface area (Å²) in [7, 11) is 0. The van der Waals surface area contributed by atoms with E-state index in [1.54, 1.807) is 0 Å². The summed E-state index contributed by atoms with van der Waals surface area (Å²) in [5.74, 6) is 0. The molecule has 0 aliphatic heterocycles. The van der Waals surface area contributed by atoms with Crippen LogP contribution in [0.4, 0.5) is 17.1 Å². The smallest absolute Gasteiger partial charge is 0.135 e. The van der Waals surface area contributed by atoms with E-state index in [4.69, 9.17) is 4.42 Å². The van der Waals surface area contributed by atoms with Crippen molar-refractivity contribution in [1.29, 1.82) is 0 Å². The van der Waals surface area contributed by atoms with Crippen molar-refractivity contribution in [2.24, 2.45) is 0 Å². The van der Waals surface area contributed by atoms with Crippen LogP contribution in [-0.2, 0) is 5.41 Å². The Morgan fingerprint density at radius 1 is 0.392 bits per heavy atom. The topological polar surface area (TPSA) is 16.4 Å². The number of benzene rings is 8. The highest BCUT2D eigenvalue weighted by Crippen LogP contribution is 2.50. The van der Waals surface area contributed by atoms with Gasteiger partial charge in [-0.05, 0) is 116 Å². The van der Waals surface area contributed by atoms with Crippen molar-refractivity contribution in [3.8, 4) is 33.4 Å². The zero-order valence-corrected chi connectivity index (χ0v) is 28.6. The van der Waals surface area contributed by atoms with Crippen LogP contribution in [0.15, 0.2) is 180 Å². The van der Waals surface area contributed by atoms with Crippen LogP contribution in [0, 0.1) is 0 Å². The second-order valence-electron chi connectivity index (χ2n) is 14.2. The van der Waals surface area contributed by atoms with Gasteiger partial charge in [0.2, 0.25) is 0 Å². The van der Waals surface area contributed by atoms with E-state index in [0.29, 0.717) is 0 Å². The van der Waals surface area contributed by atoms with E-state index in [9.17, 15) is 0 Å². The van der Waals surface area contributed by atoms with E-state index in [-0.39, 0.29) is 5.41 Å². The van der Waals surface area contributed by atoms with E-state index >= 15 is 0 Å². The molecule has 0 radical (unpaired) electrons. The van der Waals surface area contributed by atoms with Crippen molar-refractivity contribution < 1.29 is 4.42 Å². The summed E-state index contributed by atoms with van der Waals surface area (Å²) < 4.78 is 6.11. The lowest BCUT2D eigenvalue weighted by atomic mass is 9.82. The predicted molar refractivity (Wildman–Crippen MR) is 214 cm³/mol. The largest absolute Gasteiger partial charge is 0.456 e. The molecule has 0 N–H and O–H groups in total. The van der Waals surface area contributed by atoms with E-state index in [1.807, 2.05) is 12.1 Å². The number of para-hydroxylation sites is 1. The summed E-state index contributed by atoms with van der Waals surface area (Å²) in [4.78, 5) is 2.40. The second kappa shape index (κ2) is 11.3. The molecule has 0 bridgehead atoms. The van der Waals surface area contributed by atoms with Crippen molar-refractivity contribution in [2.45, 2.75) is 19.3 Å². The Bertz CT molecular complexity index is 2780. The Balaban J connectivity index is 1.10. The number of rotatable bonds is 5. The van der Waals surface area contributed by atoms with Gasteiger partial charge in [0.15, 0.2) is 0 Å². The number of hydrogen-bond donors (Lipinski definition) is 0. The number of nitrogens with zero attached hydrogens (tertiary/aromatic N) is 1. The number of anilines is 3. The summed E-state index contributed by atoms with van der Waals surface area (Å²) in [5, 5.41) is 4.78. The highest BCUT2D eigenvalue weighted by atomic mass is 16.3. The summed E-state index contributed by atoms with van der Waals surface area (Å²) in [6.45, 7) is 4.70. The van der Waals surface area contributed by atoms with Gasteiger partial charge in [0, 0.05) is 33.2 Å². The molecule has 51 heavy (non-hydrogen) atoms. The zero-order chi connectivity index (χ0) is 34.1. The minimum absolute atomic E-state index is 0.0969. The van der Waals surface area contributed by atoms with E-state index in [2.05, 4.69) is 183 Å². The fraction of sp³-hybridized carbons (Fsp3) is 0.0612. The summed E-state index contributed by atoms with van der Waals surface area (Å²) >= 11 is 0. The van der Waals surface area contributed by atoms with Crippen molar-refractivity contribution >= 4 is 49.8 Å². The molecular formula is C49H35NO. The van der Waals surface area contributed by atoms with Gasteiger partial charge in [-0.15, -0.1) is 0 Å². The van der Waals surface area contributed by atoms with Crippen LogP contribution in [0.5, 0.6) is 0 Å². The summed E-state index contributed by atoms with van der Waals surface area (Å²) in [6.07, 6.45) is 0. The molecule has 8 aromatic carbocycles. The van der Waals surface area contributed by atoms with E-state index in [1.165, 1.54) is 55.3 Å². The maximum absolute atomic E-state index is 6.11. The molecule has 1 aromatic heterocycles. The Morgan fingerprint density at radius 3 is 1.94 bits per heavy atom. The van der Waals surface area contributed by atoms with Crippen molar-refractivity contribution in [2.75, 3.05) is 4.90 Å². The van der Waals surface area contributed by atoms with Gasteiger partial charge in [-0.1, -0.05) is 129 Å². The molecule has 0 spiro atoms. The molecule has 2 heteroatoms. The number of furan rings is 1. The average Bonchev–Trinajstić information content (AvgIpc) is 3.66. The summed E-state index contributed by atoms with van der Waals surface area (Å²) in [5.41, 5.74) is 15.2. The average molecular weight is 654 g/mol. The third-order valence-corrected chi connectivity index (χ3v) is 10.8. The molecule has 2 nitrogen and oxygen atoms in total. The quantitative estimate of drug-likeness (QED) is 0.184. The molecule has 0 saturated carbocycles. The van der Waals surface area contributed by atoms with Gasteiger partial charge in [0.05, 0.1) is 0 Å². The van der Waals surface area contributed by atoms with Crippen LogP contribution in [0.2, 0.25) is 0 Å². The molecule has 1 aliphatic rings. The predicted octanol–water partition coefficient (Wildman–Crippen LogP) is 13.8. The van der Waals surface area contributed by atoms with Crippen molar-refractivity contribution in [1.82, 2.24) is 0 Å². The first-order chi connectivity index (χ1) is 25.0. The van der Waals surface area contributed by atoms with Crippen LogP contribution in [-0.4, -0.2) is 0 Å². The lowest BCUT2D eigenvalue weighted by Gasteiger charge is -2.28. The molecule has 1 aliphatic carbocycles. The van der Waals surface area contributed by atoms with Gasteiger partial charge >= 0.3 is 0 Å². The Labute approximate surface area is 297 Å². The fourth-order valence-electron chi connectivity index (χ4n) is 8.18. The van der Waals surface area contributed by atoms with Gasteiger partial charge in [-0.2, -0.15) is 0 Å². The molecule has 0 unspecified atom stereocenters. The molecule has 9 aromatic rings. The first kappa shape index (κ1) is 29.5. The molecule has 0 saturated heterocycles. The highest BCUT2D eigenvalue weighted by Gasteiger charge is 2.35. The van der Waals surface area contributed by atoms with Crippen molar-refractivity contribution in [3.63, 3.8) is 0 Å². The van der Waals surface area contributed by atoms with Crippen LogP contribution in [0.3, 0.4) is 0 Å². The molecule has 1 heterocycles. The van der Waals surface area contributed by atoms with Crippen molar-refractivity contribution in [3.05, 3.63) is 187 Å². The fourth-order valence-corrected chi connectivity index (χ4v) is 8.18. The molecular weight excluding hydrogens is 619 g/mol. The lowest BCUT2D eigenvalue weighted by molar-refractivity contribution is 0.660. The Hall–Kier alpha value is -6.38. The van der Waals surface area contributed by atoms with E-state index < -0.39 is 0 Å². The van der Waals surface area contributed by atoms with Crippen LogP contribution in [0.25, 0.3) is 66.1 Å².